The van der Waals surface area contributed by atoms with Crippen LogP contribution in [0.15, 0.2) is 72.9 Å². The Labute approximate surface area is 204 Å². The Balaban J connectivity index is 1.80. The molecule has 0 aliphatic carbocycles. The maximum absolute atomic E-state index is 15.8. The van der Waals surface area contributed by atoms with Crippen molar-refractivity contribution in [2.75, 3.05) is 5.32 Å². The van der Waals surface area contributed by atoms with E-state index in [1.54, 1.807) is 24.4 Å². The summed E-state index contributed by atoms with van der Waals surface area (Å²) in [6.45, 7) is 5.78. The Morgan fingerprint density at radius 3 is 2.46 bits per heavy atom. The van der Waals surface area contributed by atoms with Gasteiger partial charge in [0.2, 0.25) is 0 Å². The molecular weight excluding hydrogens is 441 g/mol. The number of nitrogens with one attached hydrogen (secondary N) is 3. The van der Waals surface area contributed by atoms with Gasteiger partial charge in [0.05, 0.1) is 18.0 Å². The Morgan fingerprint density at radius 2 is 1.83 bits per heavy atom. The second kappa shape index (κ2) is 10.4. The van der Waals surface area contributed by atoms with E-state index in [4.69, 9.17) is 15.9 Å². The molecule has 0 saturated heterocycles. The van der Waals surface area contributed by atoms with Gasteiger partial charge in [0.15, 0.2) is 11.6 Å². The summed E-state index contributed by atoms with van der Waals surface area (Å²) in [6, 6.07) is 20.0. The van der Waals surface area contributed by atoms with Crippen LogP contribution in [-0.2, 0) is 6.42 Å². The first-order valence-electron chi connectivity index (χ1n) is 11.7. The van der Waals surface area contributed by atoms with Crippen LogP contribution in [0.2, 0.25) is 0 Å². The van der Waals surface area contributed by atoms with Crippen LogP contribution in [-0.4, -0.2) is 21.9 Å². The SMILES string of the molecule is CCc1cc(OC(C)C)c(F)c(C(Nc2ccc(C(=N)N)cc2)c2ncc(-c3ccccc3)[nH]2)c1. The molecule has 1 atom stereocenters. The minimum Gasteiger partial charge on any atom is -0.488 e. The molecule has 0 spiro atoms. The maximum atomic E-state index is 15.8. The summed E-state index contributed by atoms with van der Waals surface area (Å²) in [5.74, 6) is 0.361. The predicted molar refractivity (Wildman–Crippen MR) is 138 cm³/mol. The van der Waals surface area contributed by atoms with Crippen molar-refractivity contribution in [1.82, 2.24) is 9.97 Å². The highest BCUT2D eigenvalue weighted by atomic mass is 19.1. The van der Waals surface area contributed by atoms with Crippen molar-refractivity contribution < 1.29 is 9.13 Å². The predicted octanol–water partition coefficient (Wildman–Crippen LogP) is 6.05. The van der Waals surface area contributed by atoms with Crippen LogP contribution in [0.5, 0.6) is 5.75 Å². The van der Waals surface area contributed by atoms with Crippen LogP contribution in [0.4, 0.5) is 10.1 Å². The van der Waals surface area contributed by atoms with Crippen LogP contribution in [0.3, 0.4) is 0 Å². The second-order valence-corrected chi connectivity index (χ2v) is 8.63. The van der Waals surface area contributed by atoms with Gasteiger partial charge in [-0.3, -0.25) is 5.41 Å². The van der Waals surface area contributed by atoms with Gasteiger partial charge in [-0.05, 0) is 61.7 Å². The first kappa shape index (κ1) is 24.0. The molecule has 0 fully saturated rings. The van der Waals surface area contributed by atoms with Gasteiger partial charge in [-0.1, -0.05) is 43.3 Å². The lowest BCUT2D eigenvalue weighted by Gasteiger charge is -2.22. The van der Waals surface area contributed by atoms with Crippen LogP contribution < -0.4 is 15.8 Å². The molecule has 6 nitrogen and oxygen atoms in total. The third kappa shape index (κ3) is 5.51. The molecule has 0 amide bonds. The fourth-order valence-electron chi connectivity index (χ4n) is 3.89. The molecule has 1 unspecified atom stereocenters. The number of benzene rings is 3. The molecule has 5 N–H and O–H groups in total. The fraction of sp³-hybridized carbons (Fsp3) is 0.214. The van der Waals surface area contributed by atoms with Crippen LogP contribution >= 0.6 is 0 Å². The minimum absolute atomic E-state index is 0.0104. The summed E-state index contributed by atoms with van der Waals surface area (Å²) in [7, 11) is 0. The Hall–Kier alpha value is -4.13. The third-order valence-corrected chi connectivity index (χ3v) is 5.67. The maximum Gasteiger partial charge on any atom is 0.170 e. The van der Waals surface area contributed by atoms with Crippen molar-refractivity contribution in [3.63, 3.8) is 0 Å². The lowest BCUT2D eigenvalue weighted by atomic mass is 10.00. The highest BCUT2D eigenvalue weighted by Crippen LogP contribution is 2.34. The lowest BCUT2D eigenvalue weighted by molar-refractivity contribution is 0.230. The molecule has 180 valence electrons. The van der Waals surface area contributed by atoms with E-state index in [9.17, 15) is 0 Å². The average molecular weight is 472 g/mol. The molecule has 0 aliphatic rings. The number of nitrogens with zero attached hydrogens (tertiary/aromatic N) is 1. The molecule has 4 aromatic rings. The highest BCUT2D eigenvalue weighted by Gasteiger charge is 2.25. The summed E-state index contributed by atoms with van der Waals surface area (Å²) in [5.41, 5.74) is 10.2. The van der Waals surface area contributed by atoms with E-state index in [0.29, 0.717) is 17.0 Å². The van der Waals surface area contributed by atoms with Crippen LogP contribution in [0.1, 0.15) is 49.3 Å². The van der Waals surface area contributed by atoms with Crippen molar-refractivity contribution in [2.45, 2.75) is 39.3 Å². The normalized spacial score (nSPS) is 11.9. The first-order valence-corrected chi connectivity index (χ1v) is 11.7. The van der Waals surface area contributed by atoms with Gasteiger partial charge in [0.25, 0.3) is 0 Å². The molecule has 35 heavy (non-hydrogen) atoms. The van der Waals surface area contributed by atoms with E-state index >= 15 is 4.39 Å². The van der Waals surface area contributed by atoms with Gasteiger partial charge in [-0.25, -0.2) is 9.37 Å². The van der Waals surface area contributed by atoms with Gasteiger partial charge in [0.1, 0.15) is 17.7 Å². The zero-order valence-electron chi connectivity index (χ0n) is 20.1. The molecule has 0 saturated carbocycles. The number of imidazole rings is 1. The van der Waals surface area contributed by atoms with Gasteiger partial charge in [0, 0.05) is 16.8 Å². The topological polar surface area (TPSA) is 99.8 Å². The van der Waals surface area contributed by atoms with E-state index in [0.717, 1.165) is 28.9 Å². The number of anilines is 1. The summed E-state index contributed by atoms with van der Waals surface area (Å²) in [4.78, 5) is 7.99. The van der Waals surface area contributed by atoms with Crippen LogP contribution in [0, 0.1) is 11.2 Å². The number of hydrogen-bond acceptors (Lipinski definition) is 4. The summed E-state index contributed by atoms with van der Waals surface area (Å²) in [6.07, 6.45) is 2.32. The monoisotopic (exact) mass is 471 g/mol. The number of aromatic nitrogens is 2. The van der Waals surface area contributed by atoms with Crippen molar-refractivity contribution in [2.24, 2.45) is 5.73 Å². The largest absolute Gasteiger partial charge is 0.488 e. The van der Waals surface area contributed by atoms with Gasteiger partial charge in [-0.15, -0.1) is 0 Å². The van der Waals surface area contributed by atoms with E-state index in [2.05, 4.69) is 15.3 Å². The Morgan fingerprint density at radius 1 is 1.11 bits per heavy atom. The standard InChI is InChI=1S/C28H30FN5O/c1-4-18-14-22(25(29)24(15-18)35-17(2)3)26(33-21-12-10-20(11-13-21)27(30)31)28-32-16-23(34-28)19-8-6-5-7-9-19/h5-17,26,33H,4H2,1-3H3,(H3,30,31)(H,32,34). The number of H-pyrrole nitrogens is 1. The number of aromatic amines is 1. The summed E-state index contributed by atoms with van der Waals surface area (Å²) in [5, 5.41) is 11.0. The number of aryl methyl sites for hydroxylation is 1. The molecule has 1 aromatic heterocycles. The lowest BCUT2D eigenvalue weighted by Crippen LogP contribution is -2.18. The zero-order chi connectivity index (χ0) is 24.9. The van der Waals surface area contributed by atoms with Crippen molar-refractivity contribution in [3.8, 4) is 17.0 Å². The fourth-order valence-corrected chi connectivity index (χ4v) is 3.89. The van der Waals surface area contributed by atoms with Gasteiger partial charge < -0.3 is 20.8 Å². The number of halogens is 1. The van der Waals surface area contributed by atoms with Crippen molar-refractivity contribution in [1.29, 1.82) is 5.41 Å². The first-order chi connectivity index (χ1) is 16.9. The molecule has 1 heterocycles. The Bertz CT molecular complexity index is 1300. The molecule has 0 bridgehead atoms. The quantitative estimate of drug-likeness (QED) is 0.176. The van der Waals surface area contributed by atoms with E-state index in [1.807, 2.05) is 69.3 Å². The minimum atomic E-state index is -0.614. The second-order valence-electron chi connectivity index (χ2n) is 8.63. The smallest absolute Gasteiger partial charge is 0.170 e. The Kier molecular flexibility index (Phi) is 7.15. The number of rotatable bonds is 9. The number of amidine groups is 1. The number of nitrogen functional groups attached to an aromatic ring is 1. The van der Waals surface area contributed by atoms with Crippen LogP contribution in [0.25, 0.3) is 11.3 Å². The van der Waals surface area contributed by atoms with E-state index in [-0.39, 0.29) is 17.7 Å². The molecule has 0 radical (unpaired) electrons. The molecule has 4 rings (SSSR count). The average Bonchev–Trinajstić information content (AvgIpc) is 3.34. The molecule has 0 aliphatic heterocycles. The van der Waals surface area contributed by atoms with Gasteiger partial charge in [-0.2, -0.15) is 0 Å². The van der Waals surface area contributed by atoms with Gasteiger partial charge >= 0.3 is 0 Å². The molecule has 7 heteroatoms. The van der Waals surface area contributed by atoms with Crippen molar-refractivity contribution in [3.05, 3.63) is 101 Å². The number of ether oxygens (including phenoxy) is 1. The molecule has 3 aromatic carbocycles. The highest BCUT2D eigenvalue weighted by molar-refractivity contribution is 5.95. The van der Waals surface area contributed by atoms with E-state index < -0.39 is 11.9 Å². The number of hydrogen-bond donors (Lipinski definition) is 4. The summed E-state index contributed by atoms with van der Waals surface area (Å²) >= 11 is 0. The third-order valence-electron chi connectivity index (χ3n) is 5.67. The van der Waals surface area contributed by atoms with E-state index in [1.165, 1.54) is 0 Å². The van der Waals surface area contributed by atoms with Crippen molar-refractivity contribution >= 4 is 11.5 Å². The summed E-state index contributed by atoms with van der Waals surface area (Å²) < 4.78 is 21.6. The zero-order valence-corrected chi connectivity index (χ0v) is 20.1. The molecular formula is C28H30FN5O. The number of nitrogens with two attached hydrogens (primary N) is 1.